The van der Waals surface area contributed by atoms with Gasteiger partial charge in [0, 0.05) is 39.4 Å². The fraction of sp³-hybridized carbons (Fsp3) is 0.476. The highest BCUT2D eigenvalue weighted by Crippen LogP contribution is 2.32. The third-order valence-electron chi connectivity index (χ3n) is 5.14. The largest absolute Gasteiger partial charge is 0.494 e. The molecule has 0 unspecified atom stereocenters. The Hall–Kier alpha value is -2.20. The number of ether oxygens (including phenoxy) is 2. The van der Waals surface area contributed by atoms with E-state index in [1.807, 2.05) is 25.1 Å². The molecule has 4 rings (SSSR count). The van der Waals surface area contributed by atoms with Crippen molar-refractivity contribution in [3.63, 3.8) is 0 Å². The molecule has 8 nitrogen and oxygen atoms in total. The number of nitrogens with zero attached hydrogens (tertiary/aromatic N) is 5. The standard InChI is InChI=1S/C21H27N5O3S.ClH/c1-3-29-16-5-6-17-19(15-16)30-21(23-17)26(20(27)18-7-8-22-24(18)2)10-4-9-25-11-13-28-14-12-25;/h5-8,15H,3-4,9-14H2,1-2H3;1H. The first-order valence-corrected chi connectivity index (χ1v) is 11.1. The number of hydrogen-bond donors (Lipinski definition) is 0. The van der Waals surface area contributed by atoms with Crippen molar-refractivity contribution in [2.75, 3.05) is 50.9 Å². The van der Waals surface area contributed by atoms with E-state index >= 15 is 0 Å². The van der Waals surface area contributed by atoms with Crippen LogP contribution in [-0.2, 0) is 11.8 Å². The number of anilines is 1. The normalized spacial score (nSPS) is 14.4. The van der Waals surface area contributed by atoms with Crippen LogP contribution in [0.3, 0.4) is 0 Å². The lowest BCUT2D eigenvalue weighted by molar-refractivity contribution is 0.0376. The SMILES string of the molecule is CCOc1ccc2nc(N(CCCN3CCOCC3)C(=O)c3ccnn3C)sc2c1.Cl. The highest BCUT2D eigenvalue weighted by molar-refractivity contribution is 7.22. The monoisotopic (exact) mass is 465 g/mol. The van der Waals surface area contributed by atoms with Crippen LogP contribution in [0.25, 0.3) is 10.2 Å². The number of thiazole rings is 1. The molecule has 0 aliphatic carbocycles. The van der Waals surface area contributed by atoms with Crippen LogP contribution in [0, 0.1) is 0 Å². The summed E-state index contributed by atoms with van der Waals surface area (Å²) < 4.78 is 13.6. The van der Waals surface area contributed by atoms with Gasteiger partial charge in [0.1, 0.15) is 11.4 Å². The molecular weight excluding hydrogens is 438 g/mol. The van der Waals surface area contributed by atoms with Crippen LogP contribution in [0.2, 0.25) is 0 Å². The molecule has 1 aliphatic rings. The van der Waals surface area contributed by atoms with Crippen LogP contribution in [0.4, 0.5) is 5.13 Å². The van der Waals surface area contributed by atoms with E-state index in [0.717, 1.165) is 55.2 Å². The van der Waals surface area contributed by atoms with E-state index in [-0.39, 0.29) is 18.3 Å². The zero-order chi connectivity index (χ0) is 20.9. The summed E-state index contributed by atoms with van der Waals surface area (Å²) in [7, 11) is 1.78. The zero-order valence-electron chi connectivity index (χ0n) is 17.8. The van der Waals surface area contributed by atoms with Crippen LogP contribution in [0.15, 0.2) is 30.5 Å². The second-order valence-electron chi connectivity index (χ2n) is 7.16. The first kappa shape index (κ1) is 23.5. The van der Waals surface area contributed by atoms with Crippen molar-refractivity contribution >= 4 is 45.0 Å². The quantitative estimate of drug-likeness (QED) is 0.508. The van der Waals surface area contributed by atoms with Gasteiger partial charge in [-0.05, 0) is 37.6 Å². The minimum atomic E-state index is -0.0823. The van der Waals surface area contributed by atoms with Crippen molar-refractivity contribution in [1.82, 2.24) is 19.7 Å². The third-order valence-corrected chi connectivity index (χ3v) is 6.18. The smallest absolute Gasteiger partial charge is 0.278 e. The van der Waals surface area contributed by atoms with Gasteiger partial charge in [-0.25, -0.2) is 4.98 Å². The van der Waals surface area contributed by atoms with Crippen LogP contribution < -0.4 is 9.64 Å². The molecule has 0 saturated carbocycles. The summed E-state index contributed by atoms with van der Waals surface area (Å²) in [5.41, 5.74) is 1.42. The number of benzene rings is 1. The fourth-order valence-electron chi connectivity index (χ4n) is 3.55. The summed E-state index contributed by atoms with van der Waals surface area (Å²) in [5.74, 6) is 0.734. The summed E-state index contributed by atoms with van der Waals surface area (Å²) in [5, 5.41) is 4.86. The van der Waals surface area contributed by atoms with E-state index in [0.29, 0.717) is 24.0 Å². The first-order chi connectivity index (χ1) is 14.7. The molecule has 31 heavy (non-hydrogen) atoms. The number of carbonyl (C=O) groups is 1. The van der Waals surface area contributed by atoms with Crippen LogP contribution in [-0.4, -0.2) is 71.6 Å². The highest BCUT2D eigenvalue weighted by atomic mass is 35.5. The number of aryl methyl sites for hydroxylation is 1. The van der Waals surface area contributed by atoms with Gasteiger partial charge in [-0.2, -0.15) is 5.10 Å². The zero-order valence-corrected chi connectivity index (χ0v) is 19.5. The molecule has 1 aliphatic heterocycles. The van der Waals surface area contributed by atoms with Crippen LogP contribution in [0.5, 0.6) is 5.75 Å². The van der Waals surface area contributed by atoms with Gasteiger partial charge in [-0.1, -0.05) is 11.3 Å². The molecule has 3 heterocycles. The fourth-order valence-corrected chi connectivity index (χ4v) is 4.57. The summed E-state index contributed by atoms with van der Waals surface area (Å²) in [4.78, 5) is 22.2. The molecule has 1 amide bonds. The van der Waals surface area contributed by atoms with Crippen molar-refractivity contribution in [3.8, 4) is 5.75 Å². The predicted molar refractivity (Wildman–Crippen MR) is 125 cm³/mol. The lowest BCUT2D eigenvalue weighted by atomic mass is 10.3. The molecule has 10 heteroatoms. The summed E-state index contributed by atoms with van der Waals surface area (Å²) in [6.07, 6.45) is 2.51. The Morgan fingerprint density at radius 3 is 2.81 bits per heavy atom. The summed E-state index contributed by atoms with van der Waals surface area (Å²) in [6, 6.07) is 7.60. The number of amides is 1. The van der Waals surface area contributed by atoms with E-state index in [2.05, 4.69) is 10.00 Å². The Balaban J connectivity index is 0.00000272. The van der Waals surface area contributed by atoms with Crippen LogP contribution in [0.1, 0.15) is 23.8 Å². The van der Waals surface area contributed by atoms with Crippen molar-refractivity contribution in [3.05, 3.63) is 36.2 Å². The Kier molecular flexibility index (Phi) is 8.25. The molecule has 1 fully saturated rings. The Morgan fingerprint density at radius 2 is 2.10 bits per heavy atom. The Morgan fingerprint density at radius 1 is 1.29 bits per heavy atom. The molecule has 1 saturated heterocycles. The molecule has 0 atom stereocenters. The van der Waals surface area contributed by atoms with Gasteiger partial charge in [-0.15, -0.1) is 12.4 Å². The third kappa shape index (κ3) is 5.54. The van der Waals surface area contributed by atoms with Crippen molar-refractivity contribution in [2.24, 2.45) is 7.05 Å². The van der Waals surface area contributed by atoms with E-state index in [4.69, 9.17) is 14.5 Å². The van der Waals surface area contributed by atoms with Crippen LogP contribution >= 0.6 is 23.7 Å². The van der Waals surface area contributed by atoms with Crippen molar-refractivity contribution < 1.29 is 14.3 Å². The second kappa shape index (κ2) is 10.9. The van der Waals surface area contributed by atoms with E-state index in [1.165, 1.54) is 11.3 Å². The number of halogens is 1. The summed E-state index contributed by atoms with van der Waals surface area (Å²) >= 11 is 1.51. The average Bonchev–Trinajstić information content (AvgIpc) is 3.37. The molecule has 0 radical (unpaired) electrons. The number of carbonyl (C=O) groups excluding carboxylic acids is 1. The average molecular weight is 466 g/mol. The molecule has 0 N–H and O–H groups in total. The maximum atomic E-state index is 13.3. The first-order valence-electron chi connectivity index (χ1n) is 10.3. The topological polar surface area (TPSA) is 72.7 Å². The van der Waals surface area contributed by atoms with E-state index < -0.39 is 0 Å². The molecule has 2 aromatic heterocycles. The lowest BCUT2D eigenvalue weighted by Crippen LogP contribution is -2.39. The van der Waals surface area contributed by atoms with E-state index in [9.17, 15) is 4.79 Å². The van der Waals surface area contributed by atoms with Gasteiger partial charge in [0.15, 0.2) is 5.13 Å². The molecule has 0 bridgehead atoms. The van der Waals surface area contributed by atoms with Crippen molar-refractivity contribution in [2.45, 2.75) is 13.3 Å². The molecule has 1 aromatic carbocycles. The van der Waals surface area contributed by atoms with Gasteiger partial charge >= 0.3 is 0 Å². The van der Waals surface area contributed by atoms with Gasteiger partial charge in [-0.3, -0.25) is 19.3 Å². The number of fused-ring (bicyclic) bond motifs is 1. The maximum absolute atomic E-state index is 13.3. The minimum Gasteiger partial charge on any atom is -0.494 e. The minimum absolute atomic E-state index is 0. The number of rotatable bonds is 8. The molecule has 0 spiro atoms. The highest BCUT2D eigenvalue weighted by Gasteiger charge is 2.24. The molecular formula is C21H28ClN5O3S. The number of morpholine rings is 1. The maximum Gasteiger partial charge on any atom is 0.278 e. The number of aromatic nitrogens is 3. The van der Waals surface area contributed by atoms with Gasteiger partial charge in [0.2, 0.25) is 0 Å². The van der Waals surface area contributed by atoms with Gasteiger partial charge < -0.3 is 9.47 Å². The Bertz CT molecular complexity index is 1000. The molecule has 168 valence electrons. The second-order valence-corrected chi connectivity index (χ2v) is 8.17. The van der Waals surface area contributed by atoms with Gasteiger partial charge in [0.05, 0.1) is 30.0 Å². The number of hydrogen-bond acceptors (Lipinski definition) is 7. The van der Waals surface area contributed by atoms with Gasteiger partial charge in [0.25, 0.3) is 5.91 Å². The Labute approximate surface area is 192 Å². The van der Waals surface area contributed by atoms with E-state index in [1.54, 1.807) is 28.9 Å². The summed E-state index contributed by atoms with van der Waals surface area (Å²) in [6.45, 7) is 7.54. The molecule has 3 aromatic rings. The predicted octanol–water partition coefficient (Wildman–Crippen LogP) is 3.22. The lowest BCUT2D eigenvalue weighted by Gasteiger charge is -2.27. The van der Waals surface area contributed by atoms with Crippen molar-refractivity contribution in [1.29, 1.82) is 0 Å².